The molecule has 1 aromatic heterocycles. The van der Waals surface area contributed by atoms with Gasteiger partial charge >= 0.3 is 0 Å². The van der Waals surface area contributed by atoms with Crippen LogP contribution in [0.2, 0.25) is 0 Å². The maximum Gasteiger partial charge on any atom is 0.252 e. The van der Waals surface area contributed by atoms with Crippen LogP contribution >= 0.6 is 0 Å². The summed E-state index contributed by atoms with van der Waals surface area (Å²) in [5.41, 5.74) is 1.74. The van der Waals surface area contributed by atoms with Crippen molar-refractivity contribution in [3.63, 3.8) is 0 Å². The second-order valence-electron chi connectivity index (χ2n) is 5.92. The molecule has 0 saturated heterocycles. The maximum atomic E-state index is 12.2. The number of aromatic nitrogens is 1. The Morgan fingerprint density at radius 1 is 1.08 bits per heavy atom. The number of pyridine rings is 1. The second kappa shape index (κ2) is 10.3. The zero-order chi connectivity index (χ0) is 17.9. The summed E-state index contributed by atoms with van der Waals surface area (Å²) >= 11 is 0. The molecule has 2 rings (SSSR count). The lowest BCUT2D eigenvalue weighted by atomic mass is 10.1. The van der Waals surface area contributed by atoms with Crippen LogP contribution in [0.3, 0.4) is 0 Å². The van der Waals surface area contributed by atoms with Crippen molar-refractivity contribution in [3.8, 4) is 5.75 Å². The highest BCUT2D eigenvalue weighted by Crippen LogP contribution is 2.11. The monoisotopic (exact) mass is 341 g/mol. The number of nitrogens with one attached hydrogen (secondary N) is 2. The molecule has 0 saturated carbocycles. The molecule has 1 aromatic carbocycles. The summed E-state index contributed by atoms with van der Waals surface area (Å²) in [6.07, 6.45) is 5.93. The topological polar surface area (TPSA) is 63.2 Å². The molecule has 1 heterocycles. The Kier molecular flexibility index (Phi) is 7.76. The molecule has 0 fully saturated rings. The van der Waals surface area contributed by atoms with E-state index >= 15 is 0 Å². The van der Waals surface area contributed by atoms with Crippen molar-refractivity contribution >= 4 is 11.7 Å². The number of ether oxygens (including phenoxy) is 1. The predicted octanol–water partition coefficient (Wildman–Crippen LogP) is 3.66. The van der Waals surface area contributed by atoms with Crippen LogP contribution in [-0.2, 0) is 6.42 Å². The number of carbonyl (C=O) groups is 1. The first kappa shape index (κ1) is 18.8. The molecule has 0 spiro atoms. The summed E-state index contributed by atoms with van der Waals surface area (Å²) in [4.78, 5) is 16.5. The van der Waals surface area contributed by atoms with Crippen LogP contribution in [0, 0.1) is 0 Å². The van der Waals surface area contributed by atoms with Crippen LogP contribution in [0.1, 0.15) is 42.1 Å². The number of anilines is 1. The summed E-state index contributed by atoms with van der Waals surface area (Å²) in [5.74, 6) is 1.55. The Bertz CT molecular complexity index is 639. The van der Waals surface area contributed by atoms with Gasteiger partial charge in [0.05, 0.1) is 12.7 Å². The van der Waals surface area contributed by atoms with E-state index in [4.69, 9.17) is 4.74 Å². The normalized spacial score (nSPS) is 10.3. The molecule has 134 valence electrons. The lowest BCUT2D eigenvalue weighted by Crippen LogP contribution is -2.25. The first-order valence-corrected chi connectivity index (χ1v) is 8.84. The Labute approximate surface area is 149 Å². The van der Waals surface area contributed by atoms with E-state index in [1.165, 1.54) is 12.8 Å². The number of benzene rings is 1. The molecule has 0 aliphatic carbocycles. The van der Waals surface area contributed by atoms with Gasteiger partial charge in [0.25, 0.3) is 5.91 Å². The third kappa shape index (κ3) is 6.45. The average molecular weight is 341 g/mol. The van der Waals surface area contributed by atoms with Crippen LogP contribution in [0.25, 0.3) is 0 Å². The number of methoxy groups -OCH3 is 1. The molecule has 2 aromatic rings. The van der Waals surface area contributed by atoms with Gasteiger partial charge in [-0.15, -0.1) is 0 Å². The number of hydrogen-bond donors (Lipinski definition) is 2. The Hall–Kier alpha value is -2.56. The summed E-state index contributed by atoms with van der Waals surface area (Å²) < 4.78 is 5.13. The van der Waals surface area contributed by atoms with Crippen LogP contribution < -0.4 is 15.4 Å². The second-order valence-corrected chi connectivity index (χ2v) is 5.92. The SMILES string of the molecule is CCCCCNc1ccc(C(=O)NCCc2ccc(OC)cc2)cn1. The smallest absolute Gasteiger partial charge is 0.252 e. The van der Waals surface area contributed by atoms with Gasteiger partial charge in [0.2, 0.25) is 0 Å². The van der Waals surface area contributed by atoms with E-state index in [0.29, 0.717) is 12.1 Å². The highest BCUT2D eigenvalue weighted by Gasteiger charge is 2.05. The molecular weight excluding hydrogens is 314 g/mol. The van der Waals surface area contributed by atoms with Gasteiger partial charge in [-0.25, -0.2) is 4.98 Å². The van der Waals surface area contributed by atoms with Crippen LogP contribution in [0.5, 0.6) is 5.75 Å². The van der Waals surface area contributed by atoms with Crippen molar-refractivity contribution in [1.82, 2.24) is 10.3 Å². The van der Waals surface area contributed by atoms with Crippen molar-refractivity contribution in [2.45, 2.75) is 32.6 Å². The summed E-state index contributed by atoms with van der Waals surface area (Å²) in [7, 11) is 1.65. The van der Waals surface area contributed by atoms with E-state index in [9.17, 15) is 4.79 Å². The molecule has 0 aliphatic heterocycles. The minimum Gasteiger partial charge on any atom is -0.497 e. The van der Waals surface area contributed by atoms with Gasteiger partial charge in [-0.1, -0.05) is 31.9 Å². The van der Waals surface area contributed by atoms with Crippen molar-refractivity contribution in [3.05, 3.63) is 53.7 Å². The van der Waals surface area contributed by atoms with Crippen molar-refractivity contribution in [1.29, 1.82) is 0 Å². The fourth-order valence-corrected chi connectivity index (χ4v) is 2.44. The number of amides is 1. The molecule has 0 bridgehead atoms. The Morgan fingerprint density at radius 2 is 1.88 bits per heavy atom. The Morgan fingerprint density at radius 3 is 2.52 bits per heavy atom. The molecule has 1 amide bonds. The number of nitrogens with zero attached hydrogens (tertiary/aromatic N) is 1. The van der Waals surface area contributed by atoms with E-state index in [1.807, 2.05) is 30.3 Å². The minimum absolute atomic E-state index is 0.0986. The lowest BCUT2D eigenvalue weighted by molar-refractivity contribution is 0.0954. The Balaban J connectivity index is 1.74. The van der Waals surface area contributed by atoms with Crippen molar-refractivity contribution in [2.75, 3.05) is 25.5 Å². The zero-order valence-corrected chi connectivity index (χ0v) is 15.0. The van der Waals surface area contributed by atoms with Gasteiger partial charge in [0.15, 0.2) is 0 Å². The van der Waals surface area contributed by atoms with Gasteiger partial charge in [-0.3, -0.25) is 4.79 Å². The fourth-order valence-electron chi connectivity index (χ4n) is 2.44. The van der Waals surface area contributed by atoms with E-state index in [-0.39, 0.29) is 5.91 Å². The van der Waals surface area contributed by atoms with Gasteiger partial charge < -0.3 is 15.4 Å². The highest BCUT2D eigenvalue weighted by molar-refractivity contribution is 5.94. The maximum absolute atomic E-state index is 12.2. The molecule has 2 N–H and O–H groups in total. The van der Waals surface area contributed by atoms with Gasteiger partial charge in [-0.05, 0) is 42.7 Å². The first-order valence-electron chi connectivity index (χ1n) is 8.84. The molecular formula is C20H27N3O2. The fraction of sp³-hybridized carbons (Fsp3) is 0.400. The van der Waals surface area contributed by atoms with Crippen LogP contribution in [0.15, 0.2) is 42.6 Å². The van der Waals surface area contributed by atoms with E-state index < -0.39 is 0 Å². The third-order valence-corrected chi connectivity index (χ3v) is 3.97. The number of carbonyl (C=O) groups excluding carboxylic acids is 1. The minimum atomic E-state index is -0.0986. The van der Waals surface area contributed by atoms with E-state index in [0.717, 1.165) is 36.5 Å². The van der Waals surface area contributed by atoms with Gasteiger partial charge in [0.1, 0.15) is 11.6 Å². The quantitative estimate of drug-likeness (QED) is 0.647. The molecule has 25 heavy (non-hydrogen) atoms. The highest BCUT2D eigenvalue weighted by atomic mass is 16.5. The zero-order valence-electron chi connectivity index (χ0n) is 15.0. The number of hydrogen-bond acceptors (Lipinski definition) is 4. The molecule has 0 radical (unpaired) electrons. The third-order valence-electron chi connectivity index (χ3n) is 3.97. The summed E-state index contributed by atoms with van der Waals surface area (Å²) in [6, 6.07) is 11.5. The molecule has 0 atom stereocenters. The summed E-state index contributed by atoms with van der Waals surface area (Å²) in [6.45, 7) is 3.68. The average Bonchev–Trinajstić information content (AvgIpc) is 2.66. The first-order chi connectivity index (χ1) is 12.2. The number of unbranched alkanes of at least 4 members (excludes halogenated alkanes) is 2. The molecule has 5 heteroatoms. The molecule has 5 nitrogen and oxygen atoms in total. The standard InChI is InChI=1S/C20H27N3O2/c1-3-4-5-13-21-19-11-8-17(15-23-19)20(24)22-14-12-16-6-9-18(25-2)10-7-16/h6-11,15H,3-5,12-14H2,1-2H3,(H,21,23)(H,22,24). The van der Waals surface area contributed by atoms with E-state index in [2.05, 4.69) is 22.5 Å². The van der Waals surface area contributed by atoms with Gasteiger partial charge in [-0.2, -0.15) is 0 Å². The number of rotatable bonds is 10. The van der Waals surface area contributed by atoms with Crippen LogP contribution in [-0.4, -0.2) is 31.1 Å². The van der Waals surface area contributed by atoms with Crippen molar-refractivity contribution in [2.24, 2.45) is 0 Å². The lowest BCUT2D eigenvalue weighted by Gasteiger charge is -2.08. The largest absolute Gasteiger partial charge is 0.497 e. The van der Waals surface area contributed by atoms with Crippen molar-refractivity contribution < 1.29 is 9.53 Å². The van der Waals surface area contributed by atoms with Gasteiger partial charge in [0, 0.05) is 19.3 Å². The van der Waals surface area contributed by atoms with E-state index in [1.54, 1.807) is 19.4 Å². The molecule has 0 unspecified atom stereocenters. The summed E-state index contributed by atoms with van der Waals surface area (Å²) in [5, 5.41) is 6.19. The predicted molar refractivity (Wildman–Crippen MR) is 101 cm³/mol. The van der Waals surface area contributed by atoms with Crippen LogP contribution in [0.4, 0.5) is 5.82 Å². The molecule has 0 aliphatic rings.